The second kappa shape index (κ2) is 9.45. The van der Waals surface area contributed by atoms with Gasteiger partial charge in [-0.25, -0.2) is 18.7 Å². The molecule has 8 heteroatoms. The summed E-state index contributed by atoms with van der Waals surface area (Å²) in [5.41, 5.74) is 11.4. The summed E-state index contributed by atoms with van der Waals surface area (Å²) in [4.78, 5) is 13.0. The van der Waals surface area contributed by atoms with Crippen LogP contribution in [0.15, 0.2) is 54.6 Å². The summed E-state index contributed by atoms with van der Waals surface area (Å²) in [5.74, 6) is -1.67. The molecular formula is C29H29F2N5O. The van der Waals surface area contributed by atoms with Crippen molar-refractivity contribution in [3.05, 3.63) is 88.6 Å². The Morgan fingerprint density at radius 2 is 1.76 bits per heavy atom. The molecule has 2 atom stereocenters. The lowest BCUT2D eigenvalue weighted by Gasteiger charge is -2.24. The summed E-state index contributed by atoms with van der Waals surface area (Å²) in [7, 11) is 0. The second-order valence-corrected chi connectivity index (χ2v) is 10.1. The summed E-state index contributed by atoms with van der Waals surface area (Å²) in [5, 5.41) is 12.0. The number of halogens is 2. The summed E-state index contributed by atoms with van der Waals surface area (Å²) in [6.07, 6.45) is 1.18. The zero-order valence-electron chi connectivity index (χ0n) is 20.7. The van der Waals surface area contributed by atoms with Gasteiger partial charge in [0, 0.05) is 31.1 Å². The minimum absolute atomic E-state index is 0.0718. The lowest BCUT2D eigenvalue weighted by atomic mass is 9.96. The van der Waals surface area contributed by atoms with Crippen LogP contribution in [-0.2, 0) is 19.6 Å². The first-order valence-corrected chi connectivity index (χ1v) is 12.7. The van der Waals surface area contributed by atoms with E-state index in [2.05, 4.69) is 33.9 Å². The van der Waals surface area contributed by atoms with E-state index in [0.29, 0.717) is 53.4 Å². The average molecular weight is 502 g/mol. The molecule has 2 aliphatic heterocycles. The Hall–Kier alpha value is -3.46. The van der Waals surface area contributed by atoms with Crippen molar-refractivity contribution in [2.24, 2.45) is 0 Å². The molecule has 1 aromatic heterocycles. The van der Waals surface area contributed by atoms with Crippen molar-refractivity contribution < 1.29 is 13.9 Å². The molecule has 37 heavy (non-hydrogen) atoms. The Bertz CT molecular complexity index is 1470. The Labute approximate surface area is 214 Å². The summed E-state index contributed by atoms with van der Waals surface area (Å²) >= 11 is 0. The maximum absolute atomic E-state index is 14.5. The van der Waals surface area contributed by atoms with Crippen molar-refractivity contribution in [2.75, 3.05) is 12.3 Å². The zero-order valence-corrected chi connectivity index (χ0v) is 20.7. The third-order valence-corrected chi connectivity index (χ3v) is 7.72. The minimum Gasteiger partial charge on any atom is -0.372 e. The van der Waals surface area contributed by atoms with Gasteiger partial charge in [-0.3, -0.25) is 9.80 Å². The van der Waals surface area contributed by atoms with Crippen molar-refractivity contribution >= 4 is 16.9 Å². The molecule has 0 spiro atoms. The van der Waals surface area contributed by atoms with E-state index in [4.69, 9.17) is 5.73 Å². The number of hydrogen-bond donors (Lipinski definition) is 2. The Morgan fingerprint density at radius 3 is 2.46 bits per heavy atom. The highest BCUT2D eigenvalue weighted by atomic mass is 19.2. The summed E-state index contributed by atoms with van der Waals surface area (Å²) in [6.45, 7) is 4.80. The molecule has 6 nitrogen and oxygen atoms in total. The van der Waals surface area contributed by atoms with Gasteiger partial charge in [0.05, 0.1) is 11.2 Å². The summed E-state index contributed by atoms with van der Waals surface area (Å²) < 4.78 is 28.8. The standard InChI is InChI=1S/C29H29F2N5O/c1-17-5-4-10-35(17)16-21-12-24(30)25(31)13-22(21)18-8-9-26-23(11-18)27(34-29(32)33-26)28(37)36-14-19-6-2-3-7-20(19)15-36/h2-3,6-9,11-13,17,28,37H,4-5,10,14-16H2,1H3,(H2,32,33,34). The molecule has 3 heterocycles. The Morgan fingerprint density at radius 1 is 1.03 bits per heavy atom. The van der Waals surface area contributed by atoms with E-state index >= 15 is 0 Å². The Balaban J connectivity index is 1.42. The van der Waals surface area contributed by atoms with Crippen LogP contribution < -0.4 is 5.73 Å². The molecule has 1 saturated heterocycles. The number of fused-ring (bicyclic) bond motifs is 2. The highest BCUT2D eigenvalue weighted by molar-refractivity contribution is 5.87. The van der Waals surface area contributed by atoms with Crippen molar-refractivity contribution in [3.8, 4) is 11.1 Å². The number of hydrogen-bond acceptors (Lipinski definition) is 6. The highest BCUT2D eigenvalue weighted by Crippen LogP contribution is 2.35. The first-order chi connectivity index (χ1) is 17.9. The molecule has 1 fully saturated rings. The van der Waals surface area contributed by atoms with Crippen molar-refractivity contribution in [1.82, 2.24) is 19.8 Å². The molecule has 190 valence electrons. The number of aliphatic hydroxyl groups excluding tert-OH is 1. The molecule has 0 aliphatic carbocycles. The molecule has 0 radical (unpaired) electrons. The van der Waals surface area contributed by atoms with E-state index in [-0.39, 0.29) is 5.95 Å². The molecule has 0 amide bonds. The average Bonchev–Trinajstić information content (AvgIpc) is 3.51. The van der Waals surface area contributed by atoms with E-state index in [1.165, 1.54) is 12.1 Å². The van der Waals surface area contributed by atoms with E-state index in [0.717, 1.165) is 36.1 Å². The van der Waals surface area contributed by atoms with Crippen molar-refractivity contribution in [2.45, 2.75) is 51.7 Å². The number of benzene rings is 3. The van der Waals surface area contributed by atoms with Crippen LogP contribution in [0.25, 0.3) is 22.0 Å². The first-order valence-electron chi connectivity index (χ1n) is 12.7. The molecule has 4 aromatic rings. The first kappa shape index (κ1) is 23.9. The predicted molar refractivity (Wildman–Crippen MR) is 139 cm³/mol. The lowest BCUT2D eigenvalue weighted by Crippen LogP contribution is -2.26. The zero-order chi connectivity index (χ0) is 25.7. The third kappa shape index (κ3) is 4.45. The molecule has 3 aromatic carbocycles. The molecule has 0 bridgehead atoms. The van der Waals surface area contributed by atoms with E-state index in [1.54, 1.807) is 6.07 Å². The van der Waals surface area contributed by atoms with E-state index in [9.17, 15) is 13.9 Å². The Kier molecular flexibility index (Phi) is 6.10. The van der Waals surface area contributed by atoms with Gasteiger partial charge in [-0.05, 0) is 78.4 Å². The number of nitrogens with two attached hydrogens (primary N) is 1. The molecule has 3 N–H and O–H groups in total. The maximum Gasteiger partial charge on any atom is 0.220 e. The minimum atomic E-state index is -1.01. The van der Waals surface area contributed by atoms with Crippen molar-refractivity contribution in [3.63, 3.8) is 0 Å². The van der Waals surface area contributed by atoms with Gasteiger partial charge in [-0.15, -0.1) is 0 Å². The van der Waals surface area contributed by atoms with Crippen LogP contribution in [0.4, 0.5) is 14.7 Å². The van der Waals surface area contributed by atoms with Gasteiger partial charge >= 0.3 is 0 Å². The number of anilines is 1. The summed E-state index contributed by atoms with van der Waals surface area (Å²) in [6, 6.07) is 16.5. The van der Waals surface area contributed by atoms with Crippen LogP contribution in [0.5, 0.6) is 0 Å². The van der Waals surface area contributed by atoms with Crippen LogP contribution in [0.3, 0.4) is 0 Å². The number of aromatic nitrogens is 2. The SMILES string of the molecule is CC1CCCN1Cc1cc(F)c(F)cc1-c1ccc2nc(N)nc(C(O)N3Cc4ccccc4C3)c2c1. The number of nitrogen functional groups attached to an aromatic ring is 1. The van der Waals surface area contributed by atoms with Gasteiger partial charge < -0.3 is 10.8 Å². The second-order valence-electron chi connectivity index (χ2n) is 10.1. The largest absolute Gasteiger partial charge is 0.372 e. The predicted octanol–water partition coefficient (Wildman–Crippen LogP) is 5.15. The maximum atomic E-state index is 14.5. The van der Waals surface area contributed by atoms with Gasteiger partial charge in [-0.2, -0.15) is 0 Å². The van der Waals surface area contributed by atoms with Gasteiger partial charge in [-0.1, -0.05) is 30.3 Å². The monoisotopic (exact) mass is 501 g/mol. The van der Waals surface area contributed by atoms with Gasteiger partial charge in [0.2, 0.25) is 5.95 Å². The number of rotatable bonds is 5. The smallest absolute Gasteiger partial charge is 0.220 e. The molecule has 6 rings (SSSR count). The molecular weight excluding hydrogens is 472 g/mol. The van der Waals surface area contributed by atoms with Crippen molar-refractivity contribution in [1.29, 1.82) is 0 Å². The van der Waals surface area contributed by atoms with Crippen LogP contribution >= 0.6 is 0 Å². The number of nitrogens with zero attached hydrogens (tertiary/aromatic N) is 4. The number of likely N-dealkylation sites (tertiary alicyclic amines) is 1. The van der Waals surface area contributed by atoms with Crippen LogP contribution in [-0.4, -0.2) is 37.5 Å². The third-order valence-electron chi connectivity index (χ3n) is 7.72. The van der Waals surface area contributed by atoms with Crippen LogP contribution in [0.1, 0.15) is 48.4 Å². The van der Waals surface area contributed by atoms with Gasteiger partial charge in [0.15, 0.2) is 17.9 Å². The quantitative estimate of drug-likeness (QED) is 0.394. The fourth-order valence-corrected chi connectivity index (χ4v) is 5.67. The number of aliphatic hydroxyl groups is 1. The highest BCUT2D eigenvalue weighted by Gasteiger charge is 2.28. The molecule has 2 unspecified atom stereocenters. The van der Waals surface area contributed by atoms with Crippen LogP contribution in [0.2, 0.25) is 0 Å². The topological polar surface area (TPSA) is 78.5 Å². The van der Waals surface area contributed by atoms with E-state index in [1.807, 2.05) is 29.2 Å². The molecule has 0 saturated carbocycles. The molecule has 2 aliphatic rings. The fourth-order valence-electron chi connectivity index (χ4n) is 5.67. The van der Waals surface area contributed by atoms with Gasteiger partial charge in [0.25, 0.3) is 0 Å². The normalized spacial score (nSPS) is 19.0. The fraction of sp³-hybridized carbons (Fsp3) is 0.310. The van der Waals surface area contributed by atoms with Gasteiger partial charge in [0.1, 0.15) is 0 Å². The van der Waals surface area contributed by atoms with Crippen LogP contribution in [0, 0.1) is 11.6 Å². The lowest BCUT2D eigenvalue weighted by molar-refractivity contribution is -0.00372. The van der Waals surface area contributed by atoms with E-state index < -0.39 is 17.9 Å².